The fourth-order valence-corrected chi connectivity index (χ4v) is 6.79. The van der Waals surface area contributed by atoms with E-state index in [1.165, 1.54) is 25.6 Å². The zero-order valence-electron chi connectivity index (χ0n) is 27.0. The van der Waals surface area contributed by atoms with Gasteiger partial charge in [-0.25, -0.2) is 4.79 Å². The maximum absolute atomic E-state index is 12.3. The quantitative estimate of drug-likeness (QED) is 0.111. The number of aromatic carboxylic acids is 1. The third-order valence-corrected chi connectivity index (χ3v) is 9.43. The first kappa shape index (κ1) is 34.8. The molecule has 0 aromatic heterocycles. The number of benzene rings is 4. The average Bonchev–Trinajstić information content (AvgIpc) is 3.10. The van der Waals surface area contributed by atoms with E-state index >= 15 is 0 Å². The molecule has 3 N–H and O–H groups in total. The Kier molecular flexibility index (Phi) is 11.7. The summed E-state index contributed by atoms with van der Waals surface area (Å²) in [5.41, 5.74) is 5.71. The van der Waals surface area contributed by atoms with Gasteiger partial charge in [0.05, 0.1) is 24.4 Å². The third kappa shape index (κ3) is 8.70. The van der Waals surface area contributed by atoms with Crippen LogP contribution >= 0.6 is 11.8 Å². The Hall–Kier alpha value is -4.48. The summed E-state index contributed by atoms with van der Waals surface area (Å²) in [6.45, 7) is 5.11. The Labute approximate surface area is 284 Å². The van der Waals surface area contributed by atoms with Crippen molar-refractivity contribution < 1.29 is 38.8 Å². The topological polar surface area (TPSA) is 131 Å². The number of esters is 1. The number of carboxylic acids is 1. The number of carbonyl (C=O) groups is 3. The van der Waals surface area contributed by atoms with Crippen LogP contribution in [0.4, 0.5) is 0 Å². The van der Waals surface area contributed by atoms with Crippen LogP contribution in [-0.4, -0.2) is 46.0 Å². The number of hydrogen-bond donors (Lipinski definition) is 3. The second-order valence-electron chi connectivity index (χ2n) is 11.7. The average molecular weight is 670 g/mol. The van der Waals surface area contributed by atoms with E-state index in [4.69, 9.17) is 14.2 Å². The van der Waals surface area contributed by atoms with Crippen molar-refractivity contribution in [3.63, 3.8) is 0 Å². The molecule has 4 aromatic rings. The highest BCUT2D eigenvalue weighted by atomic mass is 32.2. The summed E-state index contributed by atoms with van der Waals surface area (Å²) in [4.78, 5) is 35.9. The van der Waals surface area contributed by atoms with E-state index in [9.17, 15) is 24.6 Å². The Morgan fingerprint density at radius 3 is 2.27 bits per heavy atom. The minimum Gasteiger partial charge on any atom is -0.478 e. The number of aliphatic hydroxyl groups is 1. The molecule has 1 saturated heterocycles. The Morgan fingerprint density at radius 1 is 0.875 bits per heavy atom. The normalized spacial score (nSPS) is 19.7. The molecule has 250 valence electrons. The summed E-state index contributed by atoms with van der Waals surface area (Å²) in [6, 6.07) is 30.4. The van der Waals surface area contributed by atoms with Crippen LogP contribution in [0.25, 0.3) is 11.1 Å². The van der Waals surface area contributed by atoms with Gasteiger partial charge in [-0.3, -0.25) is 9.59 Å². The molecule has 4 aromatic carbocycles. The van der Waals surface area contributed by atoms with Gasteiger partial charge in [0, 0.05) is 35.6 Å². The summed E-state index contributed by atoms with van der Waals surface area (Å²) in [5, 5.41) is 22.0. The molecule has 1 fully saturated rings. The van der Waals surface area contributed by atoms with Gasteiger partial charge in [0.25, 0.3) is 5.91 Å². The molecular weight excluding hydrogens is 630 g/mol. The first-order valence-electron chi connectivity index (χ1n) is 15.7. The summed E-state index contributed by atoms with van der Waals surface area (Å²) in [5.74, 6) is -1.37. The maximum atomic E-state index is 12.3. The van der Waals surface area contributed by atoms with E-state index in [-0.39, 0.29) is 42.7 Å². The van der Waals surface area contributed by atoms with Crippen LogP contribution in [0, 0.1) is 5.92 Å². The SMILES string of the molecule is CC(=O)O[C@@H](C)C(=O)NCc1cccc(-c2ccc([C@@H]3O[C@H](CSc4ccccc4C(=O)O)[C@H](C)[C@H](c4ccc(CO)cc4)O3)cc2)c1. The number of carbonyl (C=O) groups excluding carboxylic acids is 2. The number of aliphatic hydroxyl groups excluding tert-OH is 1. The second-order valence-corrected chi connectivity index (χ2v) is 12.8. The monoisotopic (exact) mass is 669 g/mol. The zero-order valence-corrected chi connectivity index (χ0v) is 27.8. The van der Waals surface area contributed by atoms with Crippen molar-refractivity contribution in [3.05, 3.63) is 125 Å². The summed E-state index contributed by atoms with van der Waals surface area (Å²) < 4.78 is 18.1. The molecule has 5 atom stereocenters. The predicted octanol–water partition coefficient (Wildman–Crippen LogP) is 6.70. The molecular formula is C38H39NO8S. The van der Waals surface area contributed by atoms with Crippen LogP contribution in [0.5, 0.6) is 0 Å². The number of hydrogen-bond acceptors (Lipinski definition) is 8. The van der Waals surface area contributed by atoms with Crippen molar-refractivity contribution in [2.75, 3.05) is 5.75 Å². The lowest BCUT2D eigenvalue weighted by molar-refractivity contribution is -0.268. The van der Waals surface area contributed by atoms with Crippen molar-refractivity contribution in [1.82, 2.24) is 5.32 Å². The van der Waals surface area contributed by atoms with E-state index in [1.807, 2.05) is 84.9 Å². The van der Waals surface area contributed by atoms with Crippen LogP contribution < -0.4 is 5.32 Å². The number of nitrogens with one attached hydrogen (secondary N) is 1. The molecule has 9 nitrogen and oxygen atoms in total. The lowest BCUT2D eigenvalue weighted by Crippen LogP contribution is -2.38. The number of amides is 1. The smallest absolute Gasteiger partial charge is 0.336 e. The summed E-state index contributed by atoms with van der Waals surface area (Å²) >= 11 is 1.45. The molecule has 0 radical (unpaired) electrons. The summed E-state index contributed by atoms with van der Waals surface area (Å²) in [7, 11) is 0. The van der Waals surface area contributed by atoms with E-state index in [0.717, 1.165) is 33.4 Å². The van der Waals surface area contributed by atoms with Gasteiger partial charge in [0.15, 0.2) is 12.4 Å². The van der Waals surface area contributed by atoms with Gasteiger partial charge in [-0.05, 0) is 52.9 Å². The van der Waals surface area contributed by atoms with E-state index in [2.05, 4.69) is 12.2 Å². The lowest BCUT2D eigenvalue weighted by Gasteiger charge is -2.41. The minimum absolute atomic E-state index is 0.0471. The standard InChI is InChI=1S/C38H39NO8S/c1-23-33(22-48-34-10-5-4-9-32(34)37(43)44)46-38(47-35(23)29-13-11-26(21-40)12-14-29)30-17-15-28(16-18-30)31-8-6-7-27(19-31)20-39-36(42)24(2)45-25(3)41/h4-19,23-24,33,35,38,40H,20-22H2,1-3H3,(H,39,42)(H,43,44)/t23-,24-,33+,35+,38+/m0/s1. The maximum Gasteiger partial charge on any atom is 0.336 e. The van der Waals surface area contributed by atoms with Gasteiger partial charge in [-0.15, -0.1) is 11.8 Å². The number of rotatable bonds is 12. The molecule has 0 aliphatic carbocycles. The first-order chi connectivity index (χ1) is 23.1. The van der Waals surface area contributed by atoms with Gasteiger partial charge in [-0.1, -0.05) is 85.8 Å². The third-order valence-electron chi connectivity index (χ3n) is 8.27. The van der Waals surface area contributed by atoms with Gasteiger partial charge < -0.3 is 29.7 Å². The van der Waals surface area contributed by atoms with Crippen LogP contribution in [-0.2, 0) is 37.0 Å². The fraction of sp³-hybridized carbons (Fsp3) is 0.289. The van der Waals surface area contributed by atoms with Crippen molar-refractivity contribution in [3.8, 4) is 11.1 Å². The van der Waals surface area contributed by atoms with E-state index in [1.54, 1.807) is 12.1 Å². The predicted molar refractivity (Wildman–Crippen MR) is 182 cm³/mol. The summed E-state index contributed by atoms with van der Waals surface area (Å²) in [6.07, 6.45) is -2.09. The molecule has 10 heteroatoms. The van der Waals surface area contributed by atoms with Crippen LogP contribution in [0.2, 0.25) is 0 Å². The van der Waals surface area contributed by atoms with Crippen molar-refractivity contribution in [2.24, 2.45) is 5.92 Å². The molecule has 1 aliphatic rings. The van der Waals surface area contributed by atoms with Crippen molar-refractivity contribution in [2.45, 2.75) is 63.4 Å². The van der Waals surface area contributed by atoms with E-state index in [0.29, 0.717) is 10.6 Å². The largest absolute Gasteiger partial charge is 0.478 e. The highest BCUT2D eigenvalue weighted by Gasteiger charge is 2.38. The molecule has 48 heavy (non-hydrogen) atoms. The number of ether oxygens (including phenoxy) is 3. The van der Waals surface area contributed by atoms with Crippen molar-refractivity contribution in [1.29, 1.82) is 0 Å². The fourth-order valence-electron chi connectivity index (χ4n) is 5.58. The Bertz CT molecular complexity index is 1730. The molecule has 1 aliphatic heterocycles. The number of carboxylic acid groups (broad SMARTS) is 1. The first-order valence-corrected chi connectivity index (χ1v) is 16.7. The molecule has 1 heterocycles. The molecule has 1 amide bonds. The molecule has 5 rings (SSSR count). The van der Waals surface area contributed by atoms with Gasteiger partial charge in [0.2, 0.25) is 0 Å². The van der Waals surface area contributed by atoms with Crippen LogP contribution in [0.15, 0.2) is 102 Å². The Balaban J connectivity index is 1.33. The zero-order chi connectivity index (χ0) is 34.2. The van der Waals surface area contributed by atoms with Gasteiger partial charge >= 0.3 is 11.9 Å². The second kappa shape index (κ2) is 16.1. The molecule has 0 saturated carbocycles. The number of thioether (sulfide) groups is 1. The highest BCUT2D eigenvalue weighted by molar-refractivity contribution is 7.99. The van der Waals surface area contributed by atoms with Crippen molar-refractivity contribution >= 4 is 29.6 Å². The van der Waals surface area contributed by atoms with Crippen LogP contribution in [0.1, 0.15) is 65.8 Å². The van der Waals surface area contributed by atoms with Gasteiger partial charge in [-0.2, -0.15) is 0 Å². The highest BCUT2D eigenvalue weighted by Crippen LogP contribution is 2.43. The minimum atomic E-state index is -0.969. The van der Waals surface area contributed by atoms with Crippen LogP contribution in [0.3, 0.4) is 0 Å². The molecule has 0 spiro atoms. The molecule has 0 bridgehead atoms. The lowest BCUT2D eigenvalue weighted by atomic mass is 9.91. The Morgan fingerprint density at radius 2 is 1.58 bits per heavy atom. The molecule has 0 unspecified atom stereocenters. The van der Waals surface area contributed by atoms with Gasteiger partial charge in [0.1, 0.15) is 0 Å². The van der Waals surface area contributed by atoms with E-state index < -0.39 is 24.3 Å².